The lowest BCUT2D eigenvalue weighted by atomic mass is 10.1. The van der Waals surface area contributed by atoms with E-state index in [0.29, 0.717) is 11.8 Å². The lowest BCUT2D eigenvalue weighted by Gasteiger charge is -2.15. The topological polar surface area (TPSA) is 41.1 Å². The highest BCUT2D eigenvalue weighted by atomic mass is 32.2. The number of anilines is 1. The predicted molar refractivity (Wildman–Crippen MR) is 78.8 cm³/mol. The number of carbonyl (C=O) groups is 1. The van der Waals surface area contributed by atoms with Crippen LogP contribution in [0.25, 0.3) is 0 Å². The fourth-order valence-electron chi connectivity index (χ4n) is 2.25. The Morgan fingerprint density at radius 2 is 2.19 bits per heavy atom. The number of amides is 1. The molecule has 1 saturated heterocycles. The SMILES string of the molecule is CNc1ccc(C(=O)NCC2CCCS2)cc1C(F)(F)F. The molecular weight excluding hydrogens is 301 g/mol. The molecule has 1 fully saturated rings. The van der Waals surface area contributed by atoms with Gasteiger partial charge in [0, 0.05) is 30.1 Å². The fraction of sp³-hybridized carbons (Fsp3) is 0.500. The zero-order chi connectivity index (χ0) is 15.5. The summed E-state index contributed by atoms with van der Waals surface area (Å²) in [6.07, 6.45) is -2.33. The molecule has 0 aromatic heterocycles. The summed E-state index contributed by atoms with van der Waals surface area (Å²) in [5, 5.41) is 5.57. The van der Waals surface area contributed by atoms with Crippen LogP contribution < -0.4 is 10.6 Å². The summed E-state index contributed by atoms with van der Waals surface area (Å²) in [6, 6.07) is 3.57. The second kappa shape index (κ2) is 6.60. The molecule has 1 aromatic carbocycles. The summed E-state index contributed by atoms with van der Waals surface area (Å²) in [7, 11) is 1.42. The quantitative estimate of drug-likeness (QED) is 0.894. The van der Waals surface area contributed by atoms with Crippen molar-refractivity contribution in [1.82, 2.24) is 5.32 Å². The molecule has 1 aliphatic rings. The van der Waals surface area contributed by atoms with Crippen molar-refractivity contribution in [2.45, 2.75) is 24.3 Å². The van der Waals surface area contributed by atoms with Crippen LogP contribution in [0.15, 0.2) is 18.2 Å². The normalized spacial score (nSPS) is 18.6. The highest BCUT2D eigenvalue weighted by Gasteiger charge is 2.34. The number of alkyl halides is 3. The summed E-state index contributed by atoms with van der Waals surface area (Å²) in [5.41, 5.74) is -0.831. The molecule has 1 atom stereocenters. The van der Waals surface area contributed by atoms with Gasteiger partial charge in [0.15, 0.2) is 0 Å². The van der Waals surface area contributed by atoms with Crippen LogP contribution in [-0.2, 0) is 6.18 Å². The van der Waals surface area contributed by atoms with Crippen LogP contribution in [0.5, 0.6) is 0 Å². The smallest absolute Gasteiger partial charge is 0.388 e. The number of halogens is 3. The third kappa shape index (κ3) is 4.06. The Morgan fingerprint density at radius 1 is 1.43 bits per heavy atom. The zero-order valence-electron chi connectivity index (χ0n) is 11.6. The minimum absolute atomic E-state index is 0.0318. The minimum atomic E-state index is -4.49. The summed E-state index contributed by atoms with van der Waals surface area (Å²) in [5.74, 6) is 0.617. The van der Waals surface area contributed by atoms with Crippen molar-refractivity contribution >= 4 is 23.4 Å². The van der Waals surface area contributed by atoms with E-state index in [2.05, 4.69) is 10.6 Å². The van der Waals surface area contributed by atoms with Gasteiger partial charge in [0.1, 0.15) is 0 Å². The van der Waals surface area contributed by atoms with Crippen molar-refractivity contribution < 1.29 is 18.0 Å². The summed E-state index contributed by atoms with van der Waals surface area (Å²) < 4.78 is 38.8. The van der Waals surface area contributed by atoms with Crippen molar-refractivity contribution in [1.29, 1.82) is 0 Å². The number of thioether (sulfide) groups is 1. The molecular formula is C14H17F3N2OS. The van der Waals surface area contributed by atoms with Crippen molar-refractivity contribution in [2.24, 2.45) is 0 Å². The highest BCUT2D eigenvalue weighted by molar-refractivity contribution is 8.00. The molecule has 0 spiro atoms. The molecule has 0 aliphatic carbocycles. The van der Waals surface area contributed by atoms with Crippen molar-refractivity contribution in [3.63, 3.8) is 0 Å². The summed E-state index contributed by atoms with van der Waals surface area (Å²) in [6.45, 7) is 0.499. The van der Waals surface area contributed by atoms with E-state index in [9.17, 15) is 18.0 Å². The molecule has 1 amide bonds. The first-order chi connectivity index (χ1) is 9.91. The largest absolute Gasteiger partial charge is 0.418 e. The van der Waals surface area contributed by atoms with Gasteiger partial charge in [-0.1, -0.05) is 0 Å². The predicted octanol–water partition coefficient (Wildman–Crippen LogP) is 3.37. The zero-order valence-corrected chi connectivity index (χ0v) is 12.4. The number of hydrogen-bond donors (Lipinski definition) is 2. The van der Waals surface area contributed by atoms with Crippen molar-refractivity contribution in [3.05, 3.63) is 29.3 Å². The fourth-order valence-corrected chi connectivity index (χ4v) is 3.45. The van der Waals surface area contributed by atoms with Crippen LogP contribution in [0.3, 0.4) is 0 Å². The van der Waals surface area contributed by atoms with Gasteiger partial charge >= 0.3 is 6.18 Å². The number of carbonyl (C=O) groups excluding carboxylic acids is 1. The van der Waals surface area contributed by atoms with Gasteiger partial charge in [-0.15, -0.1) is 0 Å². The van der Waals surface area contributed by atoms with E-state index in [-0.39, 0.29) is 11.3 Å². The molecule has 116 valence electrons. The van der Waals surface area contributed by atoms with Crippen LogP contribution in [0.1, 0.15) is 28.8 Å². The molecule has 1 unspecified atom stereocenters. The summed E-state index contributed by atoms with van der Waals surface area (Å²) in [4.78, 5) is 12.0. The first kappa shape index (κ1) is 16.0. The third-order valence-corrected chi connectivity index (χ3v) is 4.77. The average Bonchev–Trinajstić information content (AvgIpc) is 2.96. The van der Waals surface area contributed by atoms with Gasteiger partial charge in [0.2, 0.25) is 0 Å². The van der Waals surface area contributed by atoms with E-state index in [1.54, 1.807) is 11.8 Å². The Balaban J connectivity index is 2.10. The first-order valence-corrected chi connectivity index (χ1v) is 7.75. The van der Waals surface area contributed by atoms with E-state index in [4.69, 9.17) is 0 Å². The van der Waals surface area contributed by atoms with E-state index >= 15 is 0 Å². The van der Waals surface area contributed by atoms with Crippen LogP contribution in [0.2, 0.25) is 0 Å². The molecule has 1 aromatic rings. The average molecular weight is 318 g/mol. The molecule has 0 saturated carbocycles. The number of rotatable bonds is 4. The van der Waals surface area contributed by atoms with Gasteiger partial charge < -0.3 is 10.6 Å². The van der Waals surface area contributed by atoms with Crippen molar-refractivity contribution in [3.8, 4) is 0 Å². The van der Waals surface area contributed by atoms with Gasteiger partial charge in [-0.2, -0.15) is 24.9 Å². The van der Waals surface area contributed by atoms with Crippen LogP contribution in [0, 0.1) is 0 Å². The van der Waals surface area contributed by atoms with Crippen LogP contribution >= 0.6 is 11.8 Å². The molecule has 0 radical (unpaired) electrons. The van der Waals surface area contributed by atoms with E-state index < -0.39 is 17.6 Å². The number of hydrogen-bond acceptors (Lipinski definition) is 3. The molecule has 0 bridgehead atoms. The maximum absolute atomic E-state index is 12.9. The second-order valence-electron chi connectivity index (χ2n) is 4.85. The monoisotopic (exact) mass is 318 g/mol. The maximum Gasteiger partial charge on any atom is 0.418 e. The molecule has 2 N–H and O–H groups in total. The van der Waals surface area contributed by atoms with E-state index in [1.807, 2.05) is 0 Å². The molecule has 7 heteroatoms. The van der Waals surface area contributed by atoms with Crippen LogP contribution in [-0.4, -0.2) is 30.5 Å². The molecule has 2 rings (SSSR count). The summed E-state index contributed by atoms with van der Waals surface area (Å²) >= 11 is 1.79. The molecule has 1 heterocycles. The van der Waals surface area contributed by atoms with Gasteiger partial charge in [0.05, 0.1) is 5.56 Å². The Labute approximate surface area is 125 Å². The standard InChI is InChI=1S/C14H17F3N2OS/c1-18-12-5-4-9(7-11(12)14(15,16)17)13(20)19-8-10-3-2-6-21-10/h4-5,7,10,18H,2-3,6,8H2,1H3,(H,19,20). The van der Waals surface area contributed by atoms with Gasteiger partial charge in [-0.3, -0.25) is 4.79 Å². The molecule has 1 aliphatic heterocycles. The number of benzene rings is 1. The van der Waals surface area contributed by atoms with Gasteiger partial charge in [0.25, 0.3) is 5.91 Å². The van der Waals surface area contributed by atoms with Gasteiger partial charge in [-0.05, 0) is 36.8 Å². The minimum Gasteiger partial charge on any atom is -0.388 e. The lowest BCUT2D eigenvalue weighted by molar-refractivity contribution is -0.136. The van der Waals surface area contributed by atoms with E-state index in [0.717, 1.165) is 24.7 Å². The van der Waals surface area contributed by atoms with E-state index in [1.165, 1.54) is 19.2 Å². The first-order valence-electron chi connectivity index (χ1n) is 6.70. The molecule has 3 nitrogen and oxygen atoms in total. The second-order valence-corrected chi connectivity index (χ2v) is 6.26. The maximum atomic E-state index is 12.9. The molecule has 21 heavy (non-hydrogen) atoms. The highest BCUT2D eigenvalue weighted by Crippen LogP contribution is 2.35. The Hall–Kier alpha value is -1.37. The van der Waals surface area contributed by atoms with Crippen LogP contribution in [0.4, 0.5) is 18.9 Å². The Kier molecular flexibility index (Phi) is 5.03. The Bertz CT molecular complexity index is 513. The lowest BCUT2D eigenvalue weighted by Crippen LogP contribution is -2.30. The number of nitrogens with one attached hydrogen (secondary N) is 2. The van der Waals surface area contributed by atoms with Crippen molar-refractivity contribution in [2.75, 3.05) is 24.7 Å². The third-order valence-electron chi connectivity index (χ3n) is 3.37. The Morgan fingerprint density at radius 3 is 2.76 bits per heavy atom. The van der Waals surface area contributed by atoms with Gasteiger partial charge in [-0.25, -0.2) is 0 Å².